The number of aliphatic hydroxyl groups excluding tert-OH is 1. The van der Waals surface area contributed by atoms with E-state index in [1.54, 1.807) is 12.0 Å². The van der Waals surface area contributed by atoms with Crippen molar-refractivity contribution in [1.29, 1.82) is 0 Å². The van der Waals surface area contributed by atoms with Crippen molar-refractivity contribution in [1.82, 2.24) is 4.90 Å². The van der Waals surface area contributed by atoms with Gasteiger partial charge in [-0.1, -0.05) is 48.5 Å². The van der Waals surface area contributed by atoms with Crippen molar-refractivity contribution >= 4 is 22.5 Å². The Morgan fingerprint density at radius 3 is 2.54 bits per heavy atom. The lowest BCUT2D eigenvalue weighted by atomic mass is 10.1. The van der Waals surface area contributed by atoms with Crippen molar-refractivity contribution in [2.45, 2.75) is 6.54 Å². The van der Waals surface area contributed by atoms with Crippen LogP contribution in [0.3, 0.4) is 0 Å². The van der Waals surface area contributed by atoms with Crippen molar-refractivity contribution < 1.29 is 14.6 Å². The first-order valence-corrected chi connectivity index (χ1v) is 8.49. The lowest BCUT2D eigenvalue weighted by molar-refractivity contribution is 0.184. The summed E-state index contributed by atoms with van der Waals surface area (Å²) in [5.41, 5.74) is 1.61. The molecule has 0 saturated heterocycles. The Bertz CT molecular complexity index is 895. The second-order valence-electron chi connectivity index (χ2n) is 5.95. The molecule has 0 heterocycles. The van der Waals surface area contributed by atoms with Crippen molar-refractivity contribution in [3.63, 3.8) is 0 Å². The van der Waals surface area contributed by atoms with Gasteiger partial charge in [0.2, 0.25) is 0 Å². The first kappa shape index (κ1) is 17.8. The lowest BCUT2D eigenvalue weighted by Gasteiger charge is -2.23. The number of methoxy groups -OCH3 is 1. The molecule has 134 valence electrons. The van der Waals surface area contributed by atoms with Gasteiger partial charge in [0.15, 0.2) is 0 Å². The molecule has 0 aliphatic heterocycles. The van der Waals surface area contributed by atoms with Crippen LogP contribution in [0.15, 0.2) is 66.7 Å². The molecule has 3 rings (SSSR count). The first-order valence-electron chi connectivity index (χ1n) is 8.49. The number of hydrogen-bond donors (Lipinski definition) is 2. The van der Waals surface area contributed by atoms with Gasteiger partial charge in [0.25, 0.3) is 0 Å². The lowest BCUT2D eigenvalue weighted by Crippen LogP contribution is -2.36. The van der Waals surface area contributed by atoms with Gasteiger partial charge in [0.1, 0.15) is 5.75 Å². The number of ether oxygens (including phenoxy) is 1. The minimum absolute atomic E-state index is 0.111. The highest BCUT2D eigenvalue weighted by Crippen LogP contribution is 2.21. The zero-order valence-corrected chi connectivity index (χ0v) is 14.7. The predicted molar refractivity (Wildman–Crippen MR) is 103 cm³/mol. The SMILES string of the molecule is COc1ccccc1CN(CCO)C(=O)Nc1ccc2ccccc2c1. The molecule has 3 aromatic rings. The number of nitrogens with one attached hydrogen (secondary N) is 1. The van der Waals surface area contributed by atoms with E-state index in [1.807, 2.05) is 66.7 Å². The molecule has 0 unspecified atom stereocenters. The monoisotopic (exact) mass is 350 g/mol. The minimum Gasteiger partial charge on any atom is -0.496 e. The Kier molecular flexibility index (Phi) is 5.71. The Morgan fingerprint density at radius 2 is 1.77 bits per heavy atom. The summed E-state index contributed by atoms with van der Waals surface area (Å²) < 4.78 is 5.35. The number of amides is 2. The number of urea groups is 1. The van der Waals surface area contributed by atoms with Gasteiger partial charge in [-0.2, -0.15) is 0 Å². The van der Waals surface area contributed by atoms with Crippen LogP contribution >= 0.6 is 0 Å². The zero-order valence-electron chi connectivity index (χ0n) is 14.7. The summed E-state index contributed by atoms with van der Waals surface area (Å²) in [5.74, 6) is 0.717. The summed E-state index contributed by atoms with van der Waals surface area (Å²) in [6.07, 6.45) is 0. The Balaban J connectivity index is 1.77. The summed E-state index contributed by atoms with van der Waals surface area (Å²) in [6, 6.07) is 21.1. The molecule has 0 aromatic heterocycles. The standard InChI is InChI=1S/C21H22N2O3/c1-26-20-9-5-4-8-18(20)15-23(12-13-24)21(25)22-19-11-10-16-6-2-3-7-17(16)14-19/h2-11,14,24H,12-13,15H2,1H3,(H,22,25). The number of nitrogens with zero attached hydrogens (tertiary/aromatic N) is 1. The van der Waals surface area contributed by atoms with Crippen LogP contribution in [-0.4, -0.2) is 36.3 Å². The molecular formula is C21H22N2O3. The number of rotatable bonds is 6. The van der Waals surface area contributed by atoms with Crippen molar-refractivity contribution in [3.8, 4) is 5.75 Å². The van der Waals surface area contributed by atoms with Crippen LogP contribution in [-0.2, 0) is 6.54 Å². The van der Waals surface area contributed by atoms with Crippen LogP contribution in [0.4, 0.5) is 10.5 Å². The van der Waals surface area contributed by atoms with E-state index >= 15 is 0 Å². The third-order valence-electron chi connectivity index (χ3n) is 4.21. The molecule has 0 atom stereocenters. The predicted octanol–water partition coefficient (Wildman–Crippen LogP) is 3.87. The normalized spacial score (nSPS) is 10.5. The largest absolute Gasteiger partial charge is 0.496 e. The van der Waals surface area contributed by atoms with E-state index in [9.17, 15) is 9.90 Å². The third kappa shape index (κ3) is 4.13. The number of para-hydroxylation sites is 1. The van der Waals surface area contributed by atoms with E-state index in [0.717, 1.165) is 22.0 Å². The number of hydrogen-bond acceptors (Lipinski definition) is 3. The molecule has 0 radical (unpaired) electrons. The number of anilines is 1. The van der Waals surface area contributed by atoms with Crippen LogP contribution in [0.2, 0.25) is 0 Å². The maximum absolute atomic E-state index is 12.7. The number of aliphatic hydroxyl groups is 1. The second-order valence-corrected chi connectivity index (χ2v) is 5.95. The molecule has 0 bridgehead atoms. The minimum atomic E-state index is -0.264. The molecular weight excluding hydrogens is 328 g/mol. The number of carbonyl (C=O) groups excluding carboxylic acids is 1. The molecule has 0 spiro atoms. The fraction of sp³-hybridized carbons (Fsp3) is 0.190. The topological polar surface area (TPSA) is 61.8 Å². The van der Waals surface area contributed by atoms with Crippen LogP contribution in [0, 0.1) is 0 Å². The molecule has 0 saturated carbocycles. The second kappa shape index (κ2) is 8.36. The van der Waals surface area contributed by atoms with E-state index < -0.39 is 0 Å². The number of fused-ring (bicyclic) bond motifs is 1. The van der Waals surface area contributed by atoms with Crippen molar-refractivity contribution in [2.75, 3.05) is 25.6 Å². The van der Waals surface area contributed by atoms with Gasteiger partial charge in [-0.25, -0.2) is 4.79 Å². The zero-order chi connectivity index (χ0) is 18.4. The fourth-order valence-electron chi connectivity index (χ4n) is 2.88. The van der Waals surface area contributed by atoms with Gasteiger partial charge in [0, 0.05) is 17.8 Å². The highest BCUT2D eigenvalue weighted by atomic mass is 16.5. The van der Waals surface area contributed by atoms with Gasteiger partial charge >= 0.3 is 6.03 Å². The van der Waals surface area contributed by atoms with E-state index in [4.69, 9.17) is 4.74 Å². The van der Waals surface area contributed by atoms with Gasteiger partial charge < -0.3 is 20.1 Å². The molecule has 5 heteroatoms. The summed E-state index contributed by atoms with van der Waals surface area (Å²) >= 11 is 0. The highest BCUT2D eigenvalue weighted by Gasteiger charge is 2.16. The van der Waals surface area contributed by atoms with Gasteiger partial charge in [-0.15, -0.1) is 0 Å². The summed E-state index contributed by atoms with van der Waals surface area (Å²) in [5, 5.41) is 14.4. The molecule has 0 aliphatic rings. The average Bonchev–Trinajstić information content (AvgIpc) is 2.68. The maximum Gasteiger partial charge on any atom is 0.322 e. The molecule has 2 amide bonds. The van der Waals surface area contributed by atoms with E-state index in [0.29, 0.717) is 12.3 Å². The van der Waals surface area contributed by atoms with E-state index in [-0.39, 0.29) is 19.2 Å². The van der Waals surface area contributed by atoms with E-state index in [1.165, 1.54) is 0 Å². The Hall–Kier alpha value is -3.05. The summed E-state index contributed by atoms with van der Waals surface area (Å²) in [4.78, 5) is 14.3. The molecule has 5 nitrogen and oxygen atoms in total. The van der Waals surface area contributed by atoms with Gasteiger partial charge in [-0.05, 0) is 29.0 Å². The van der Waals surface area contributed by atoms with Crippen LogP contribution in [0.25, 0.3) is 10.8 Å². The van der Waals surface area contributed by atoms with Crippen LogP contribution in [0.5, 0.6) is 5.75 Å². The van der Waals surface area contributed by atoms with Gasteiger partial charge in [0.05, 0.1) is 20.3 Å². The van der Waals surface area contributed by atoms with Crippen molar-refractivity contribution in [2.24, 2.45) is 0 Å². The molecule has 3 aromatic carbocycles. The number of benzene rings is 3. The van der Waals surface area contributed by atoms with Crippen LogP contribution < -0.4 is 10.1 Å². The third-order valence-corrected chi connectivity index (χ3v) is 4.21. The summed E-state index contributed by atoms with van der Waals surface area (Å²) in [6.45, 7) is 0.474. The van der Waals surface area contributed by atoms with Crippen molar-refractivity contribution in [3.05, 3.63) is 72.3 Å². The summed E-state index contributed by atoms with van der Waals surface area (Å²) in [7, 11) is 1.60. The fourth-order valence-corrected chi connectivity index (χ4v) is 2.88. The highest BCUT2D eigenvalue weighted by molar-refractivity contribution is 5.93. The number of carbonyl (C=O) groups is 1. The molecule has 0 fully saturated rings. The molecule has 2 N–H and O–H groups in total. The average molecular weight is 350 g/mol. The Labute approximate surface area is 152 Å². The first-order chi connectivity index (χ1) is 12.7. The molecule has 26 heavy (non-hydrogen) atoms. The van der Waals surface area contributed by atoms with Crippen LogP contribution in [0.1, 0.15) is 5.56 Å². The Morgan fingerprint density at radius 1 is 1.04 bits per heavy atom. The van der Waals surface area contributed by atoms with Gasteiger partial charge in [-0.3, -0.25) is 0 Å². The smallest absolute Gasteiger partial charge is 0.322 e. The maximum atomic E-state index is 12.7. The van der Waals surface area contributed by atoms with E-state index in [2.05, 4.69) is 5.32 Å². The quantitative estimate of drug-likeness (QED) is 0.709. The molecule has 0 aliphatic carbocycles.